The molecule has 0 saturated carbocycles. The molecule has 0 aliphatic heterocycles. The highest BCUT2D eigenvalue weighted by atomic mass is 14.9. The fourth-order valence-corrected chi connectivity index (χ4v) is 3.64. The predicted molar refractivity (Wildman–Crippen MR) is 118 cm³/mol. The lowest BCUT2D eigenvalue weighted by molar-refractivity contribution is 1.11. The number of fused-ring (bicyclic) bond motifs is 1. The Bertz CT molecular complexity index is 1290. The first-order valence-corrected chi connectivity index (χ1v) is 9.62. The molecule has 0 atom stereocenters. The molecule has 0 saturated heterocycles. The monoisotopic (exact) mass is 373 g/mol. The van der Waals surface area contributed by atoms with Gasteiger partial charge in [0.1, 0.15) is 0 Å². The molecule has 0 bridgehead atoms. The average molecular weight is 373 g/mol. The van der Waals surface area contributed by atoms with Crippen molar-refractivity contribution >= 4 is 10.8 Å². The molecule has 2 heterocycles. The molecule has 3 aromatic carbocycles. The molecule has 0 radical (unpaired) electrons. The lowest BCUT2D eigenvalue weighted by atomic mass is 9.97. The van der Waals surface area contributed by atoms with Gasteiger partial charge in [-0.25, -0.2) is 9.97 Å². The summed E-state index contributed by atoms with van der Waals surface area (Å²) in [5, 5.41) is 2.52. The van der Waals surface area contributed by atoms with Crippen LogP contribution >= 0.6 is 0 Å². The number of aryl methyl sites for hydroxylation is 1. The molecule has 3 nitrogen and oxygen atoms in total. The van der Waals surface area contributed by atoms with Gasteiger partial charge in [0.2, 0.25) is 0 Å². The first-order chi connectivity index (χ1) is 14.3. The Balaban J connectivity index is 1.55. The van der Waals surface area contributed by atoms with E-state index in [1.807, 2.05) is 25.1 Å². The summed E-state index contributed by atoms with van der Waals surface area (Å²) in [5.74, 6) is 0.723. The summed E-state index contributed by atoms with van der Waals surface area (Å²) in [6.07, 6.45) is 3.53. The largest absolute Gasteiger partial charge is 0.265 e. The molecule has 0 N–H and O–H groups in total. The van der Waals surface area contributed by atoms with Gasteiger partial charge in [0.15, 0.2) is 5.82 Å². The van der Waals surface area contributed by atoms with Crippen LogP contribution in [0.15, 0.2) is 97.3 Å². The van der Waals surface area contributed by atoms with Crippen LogP contribution < -0.4 is 0 Å². The number of pyridine rings is 1. The zero-order valence-corrected chi connectivity index (χ0v) is 16.1. The van der Waals surface area contributed by atoms with Gasteiger partial charge < -0.3 is 0 Å². The van der Waals surface area contributed by atoms with E-state index in [2.05, 4.69) is 76.7 Å². The van der Waals surface area contributed by atoms with E-state index in [-0.39, 0.29) is 0 Å². The van der Waals surface area contributed by atoms with Crippen molar-refractivity contribution in [2.75, 3.05) is 0 Å². The minimum Gasteiger partial charge on any atom is -0.265 e. The lowest BCUT2D eigenvalue weighted by Gasteiger charge is -2.09. The van der Waals surface area contributed by atoms with E-state index in [1.54, 1.807) is 12.4 Å². The molecule has 5 rings (SSSR count). The maximum atomic E-state index is 4.79. The van der Waals surface area contributed by atoms with Crippen LogP contribution in [0.25, 0.3) is 44.5 Å². The number of nitrogens with zero attached hydrogens (tertiary/aromatic N) is 3. The van der Waals surface area contributed by atoms with Gasteiger partial charge in [0, 0.05) is 29.2 Å². The summed E-state index contributed by atoms with van der Waals surface area (Å²) in [7, 11) is 0. The molecule has 0 spiro atoms. The van der Waals surface area contributed by atoms with Gasteiger partial charge in [-0.2, -0.15) is 0 Å². The smallest absolute Gasteiger partial charge is 0.160 e. The second kappa shape index (κ2) is 7.28. The first-order valence-electron chi connectivity index (χ1n) is 9.62. The Morgan fingerprint density at radius 1 is 0.621 bits per heavy atom. The van der Waals surface area contributed by atoms with Gasteiger partial charge >= 0.3 is 0 Å². The van der Waals surface area contributed by atoms with Crippen LogP contribution in [0.2, 0.25) is 0 Å². The molecular weight excluding hydrogens is 354 g/mol. The number of hydrogen-bond acceptors (Lipinski definition) is 3. The Morgan fingerprint density at radius 3 is 2.17 bits per heavy atom. The first kappa shape index (κ1) is 17.3. The zero-order valence-electron chi connectivity index (χ0n) is 16.1. The maximum Gasteiger partial charge on any atom is 0.160 e. The molecule has 138 valence electrons. The Morgan fingerprint density at radius 2 is 1.34 bits per heavy atom. The quantitative estimate of drug-likeness (QED) is 0.371. The third-order valence-electron chi connectivity index (χ3n) is 5.07. The minimum absolute atomic E-state index is 0.723. The number of aromatic nitrogens is 3. The predicted octanol–water partition coefficient (Wildman–Crippen LogP) is 6.33. The summed E-state index contributed by atoms with van der Waals surface area (Å²) >= 11 is 0. The van der Waals surface area contributed by atoms with Crippen LogP contribution in [0, 0.1) is 6.92 Å². The summed E-state index contributed by atoms with van der Waals surface area (Å²) in [6, 6.07) is 29.4. The van der Waals surface area contributed by atoms with E-state index in [9.17, 15) is 0 Å². The molecule has 5 aromatic rings. The maximum absolute atomic E-state index is 4.79. The van der Waals surface area contributed by atoms with Crippen molar-refractivity contribution < 1.29 is 0 Å². The van der Waals surface area contributed by atoms with E-state index >= 15 is 0 Å². The van der Waals surface area contributed by atoms with Crippen LogP contribution in [0.1, 0.15) is 5.69 Å². The van der Waals surface area contributed by atoms with E-state index in [1.165, 1.54) is 21.9 Å². The fourth-order valence-electron chi connectivity index (χ4n) is 3.64. The van der Waals surface area contributed by atoms with Gasteiger partial charge in [-0.3, -0.25) is 4.98 Å². The van der Waals surface area contributed by atoms with E-state index in [0.717, 1.165) is 28.3 Å². The van der Waals surface area contributed by atoms with Crippen molar-refractivity contribution in [3.63, 3.8) is 0 Å². The normalized spacial score (nSPS) is 10.9. The van der Waals surface area contributed by atoms with Crippen LogP contribution in [-0.4, -0.2) is 15.0 Å². The third kappa shape index (κ3) is 3.39. The highest BCUT2D eigenvalue weighted by Crippen LogP contribution is 2.30. The van der Waals surface area contributed by atoms with Gasteiger partial charge in [-0.1, -0.05) is 66.7 Å². The number of benzene rings is 3. The van der Waals surface area contributed by atoms with Crippen molar-refractivity contribution in [2.24, 2.45) is 0 Å². The molecule has 29 heavy (non-hydrogen) atoms. The molecule has 0 aliphatic rings. The summed E-state index contributed by atoms with van der Waals surface area (Å²) in [5.41, 5.74) is 6.36. The van der Waals surface area contributed by atoms with E-state index < -0.39 is 0 Å². The van der Waals surface area contributed by atoms with E-state index in [0.29, 0.717) is 0 Å². The standard InChI is InChI=1S/C26H19N3/c1-18-17-25(29-26(28-18)22-13-15-27-16-14-22)21-11-9-20(10-12-21)24-8-4-6-19-5-2-3-7-23(19)24/h2-17H,1H3. The lowest BCUT2D eigenvalue weighted by Crippen LogP contribution is -1.95. The van der Waals surface area contributed by atoms with Gasteiger partial charge in [-0.15, -0.1) is 0 Å². The van der Waals surface area contributed by atoms with Gasteiger partial charge in [0.05, 0.1) is 5.69 Å². The van der Waals surface area contributed by atoms with Crippen molar-refractivity contribution in [1.82, 2.24) is 15.0 Å². The summed E-state index contributed by atoms with van der Waals surface area (Å²) in [4.78, 5) is 13.5. The molecule has 0 fully saturated rings. The zero-order chi connectivity index (χ0) is 19.6. The number of rotatable bonds is 3. The Hall–Kier alpha value is -3.85. The fraction of sp³-hybridized carbons (Fsp3) is 0.0385. The average Bonchev–Trinajstić information content (AvgIpc) is 2.79. The van der Waals surface area contributed by atoms with Gasteiger partial charge in [-0.05, 0) is 47.0 Å². The highest BCUT2D eigenvalue weighted by molar-refractivity contribution is 5.96. The molecular formula is C26H19N3. The van der Waals surface area contributed by atoms with Crippen LogP contribution in [-0.2, 0) is 0 Å². The Labute approximate surface area is 169 Å². The van der Waals surface area contributed by atoms with Crippen molar-refractivity contribution in [1.29, 1.82) is 0 Å². The van der Waals surface area contributed by atoms with Crippen molar-refractivity contribution in [3.8, 4) is 33.8 Å². The van der Waals surface area contributed by atoms with Crippen molar-refractivity contribution in [3.05, 3.63) is 103 Å². The minimum atomic E-state index is 0.723. The SMILES string of the molecule is Cc1cc(-c2ccc(-c3cccc4ccccc34)cc2)nc(-c2ccncc2)n1. The van der Waals surface area contributed by atoms with Crippen molar-refractivity contribution in [2.45, 2.75) is 6.92 Å². The topological polar surface area (TPSA) is 38.7 Å². The second-order valence-corrected chi connectivity index (χ2v) is 7.06. The molecule has 0 unspecified atom stereocenters. The van der Waals surface area contributed by atoms with E-state index in [4.69, 9.17) is 4.98 Å². The Kier molecular flexibility index (Phi) is 4.34. The van der Waals surface area contributed by atoms with Crippen LogP contribution in [0.4, 0.5) is 0 Å². The highest BCUT2D eigenvalue weighted by Gasteiger charge is 2.08. The van der Waals surface area contributed by atoms with Crippen LogP contribution in [0.5, 0.6) is 0 Å². The number of hydrogen-bond donors (Lipinski definition) is 0. The second-order valence-electron chi connectivity index (χ2n) is 7.06. The molecule has 3 heteroatoms. The molecule has 0 aliphatic carbocycles. The molecule has 2 aromatic heterocycles. The third-order valence-corrected chi connectivity index (χ3v) is 5.07. The summed E-state index contributed by atoms with van der Waals surface area (Å²) < 4.78 is 0. The summed E-state index contributed by atoms with van der Waals surface area (Å²) in [6.45, 7) is 2.00. The van der Waals surface area contributed by atoms with Crippen LogP contribution in [0.3, 0.4) is 0 Å². The molecule has 0 amide bonds. The van der Waals surface area contributed by atoms with Gasteiger partial charge in [0.25, 0.3) is 0 Å².